The summed E-state index contributed by atoms with van der Waals surface area (Å²) < 4.78 is 5.23. The average molecular weight is 353 g/mol. The number of amides is 3. The van der Waals surface area contributed by atoms with Gasteiger partial charge in [0, 0.05) is 24.3 Å². The fourth-order valence-electron chi connectivity index (χ4n) is 3.13. The van der Waals surface area contributed by atoms with Crippen LogP contribution in [0.5, 0.6) is 5.75 Å². The Hall–Kier alpha value is -3.02. The first-order valence-corrected chi connectivity index (χ1v) is 8.70. The molecule has 26 heavy (non-hydrogen) atoms. The SMILES string of the molecule is COc1ccccc1NC(=O)Nc1ccc(N2CCCCC2=O)c(C)c1. The minimum absolute atomic E-state index is 0.161. The molecular formula is C20H23N3O3. The molecule has 2 N–H and O–H groups in total. The van der Waals surface area contributed by atoms with Gasteiger partial charge in [0.15, 0.2) is 0 Å². The number of anilines is 3. The highest BCUT2D eigenvalue weighted by atomic mass is 16.5. The Bertz CT molecular complexity index is 820. The van der Waals surface area contributed by atoms with E-state index in [1.165, 1.54) is 0 Å². The van der Waals surface area contributed by atoms with Crippen LogP contribution in [0.3, 0.4) is 0 Å². The quantitative estimate of drug-likeness (QED) is 0.867. The van der Waals surface area contributed by atoms with Crippen LogP contribution in [0, 0.1) is 6.92 Å². The average Bonchev–Trinajstić information content (AvgIpc) is 2.63. The number of nitrogens with zero attached hydrogens (tertiary/aromatic N) is 1. The summed E-state index contributed by atoms with van der Waals surface area (Å²) in [7, 11) is 1.56. The van der Waals surface area contributed by atoms with Gasteiger partial charge in [0.25, 0.3) is 0 Å². The van der Waals surface area contributed by atoms with Crippen molar-refractivity contribution in [1.29, 1.82) is 0 Å². The van der Waals surface area contributed by atoms with Crippen LogP contribution in [0.25, 0.3) is 0 Å². The van der Waals surface area contributed by atoms with E-state index in [4.69, 9.17) is 4.74 Å². The number of benzene rings is 2. The number of para-hydroxylation sites is 2. The van der Waals surface area contributed by atoms with Gasteiger partial charge >= 0.3 is 6.03 Å². The summed E-state index contributed by atoms with van der Waals surface area (Å²) in [5.74, 6) is 0.756. The largest absolute Gasteiger partial charge is 0.495 e. The molecule has 0 atom stereocenters. The minimum Gasteiger partial charge on any atom is -0.495 e. The van der Waals surface area contributed by atoms with E-state index in [0.717, 1.165) is 30.6 Å². The molecule has 0 aliphatic carbocycles. The van der Waals surface area contributed by atoms with Gasteiger partial charge in [-0.25, -0.2) is 4.79 Å². The molecule has 1 fully saturated rings. The fourth-order valence-corrected chi connectivity index (χ4v) is 3.13. The molecule has 1 heterocycles. The molecule has 3 rings (SSSR count). The van der Waals surface area contributed by atoms with E-state index >= 15 is 0 Å². The first-order valence-electron chi connectivity index (χ1n) is 8.70. The molecule has 136 valence electrons. The van der Waals surface area contributed by atoms with Crippen molar-refractivity contribution in [3.05, 3.63) is 48.0 Å². The zero-order valence-electron chi connectivity index (χ0n) is 15.0. The zero-order chi connectivity index (χ0) is 18.5. The lowest BCUT2D eigenvalue weighted by Gasteiger charge is -2.28. The number of piperidine rings is 1. The molecular weight excluding hydrogens is 330 g/mol. The maximum atomic E-state index is 12.3. The zero-order valence-corrected chi connectivity index (χ0v) is 15.0. The van der Waals surface area contributed by atoms with Crippen molar-refractivity contribution in [2.45, 2.75) is 26.2 Å². The van der Waals surface area contributed by atoms with Crippen molar-refractivity contribution in [3.8, 4) is 5.75 Å². The highest BCUT2D eigenvalue weighted by Crippen LogP contribution is 2.27. The van der Waals surface area contributed by atoms with Crippen molar-refractivity contribution >= 4 is 29.0 Å². The number of hydrogen-bond acceptors (Lipinski definition) is 3. The lowest BCUT2D eigenvalue weighted by atomic mass is 10.1. The van der Waals surface area contributed by atoms with E-state index in [0.29, 0.717) is 23.5 Å². The molecule has 0 spiro atoms. The molecule has 6 heteroatoms. The van der Waals surface area contributed by atoms with Crippen LogP contribution in [0.1, 0.15) is 24.8 Å². The van der Waals surface area contributed by atoms with Gasteiger partial charge in [0.05, 0.1) is 12.8 Å². The van der Waals surface area contributed by atoms with Crippen LogP contribution in [0.15, 0.2) is 42.5 Å². The predicted octanol–water partition coefficient (Wildman–Crippen LogP) is 4.16. The normalized spacial score (nSPS) is 14.1. The maximum absolute atomic E-state index is 12.3. The highest BCUT2D eigenvalue weighted by molar-refractivity contribution is 6.01. The van der Waals surface area contributed by atoms with Crippen molar-refractivity contribution in [1.82, 2.24) is 0 Å². The van der Waals surface area contributed by atoms with E-state index in [-0.39, 0.29) is 11.9 Å². The molecule has 2 aromatic carbocycles. The Morgan fingerprint density at radius 2 is 1.92 bits per heavy atom. The maximum Gasteiger partial charge on any atom is 0.323 e. The number of carbonyl (C=O) groups is 2. The lowest BCUT2D eigenvalue weighted by Crippen LogP contribution is -2.35. The molecule has 0 saturated carbocycles. The Kier molecular flexibility index (Phi) is 5.41. The number of ether oxygens (including phenoxy) is 1. The van der Waals surface area contributed by atoms with Gasteiger partial charge in [-0.15, -0.1) is 0 Å². The van der Waals surface area contributed by atoms with E-state index in [2.05, 4.69) is 10.6 Å². The first kappa shape index (κ1) is 17.8. The molecule has 1 saturated heterocycles. The predicted molar refractivity (Wildman–Crippen MR) is 103 cm³/mol. The van der Waals surface area contributed by atoms with Crippen molar-refractivity contribution in [3.63, 3.8) is 0 Å². The highest BCUT2D eigenvalue weighted by Gasteiger charge is 2.21. The molecule has 6 nitrogen and oxygen atoms in total. The number of nitrogens with one attached hydrogen (secondary N) is 2. The van der Waals surface area contributed by atoms with Gasteiger partial charge in [0.1, 0.15) is 5.75 Å². The Balaban J connectivity index is 1.69. The second kappa shape index (κ2) is 7.91. The number of aryl methyl sites for hydroxylation is 1. The number of hydrogen-bond donors (Lipinski definition) is 2. The van der Waals surface area contributed by atoms with Crippen molar-refractivity contribution in [2.24, 2.45) is 0 Å². The topological polar surface area (TPSA) is 70.7 Å². The van der Waals surface area contributed by atoms with Crippen LogP contribution in [-0.4, -0.2) is 25.6 Å². The van der Waals surface area contributed by atoms with E-state index < -0.39 is 0 Å². The standard InChI is InChI=1S/C20H23N3O3/c1-14-13-15(10-11-17(14)23-12-6-5-9-19(23)24)21-20(25)22-16-7-3-4-8-18(16)26-2/h3-4,7-8,10-11,13H,5-6,9,12H2,1-2H3,(H2,21,22,25). The smallest absolute Gasteiger partial charge is 0.323 e. The van der Waals surface area contributed by atoms with Gasteiger partial charge in [-0.3, -0.25) is 4.79 Å². The Morgan fingerprint density at radius 3 is 2.65 bits per heavy atom. The third-order valence-electron chi connectivity index (χ3n) is 4.42. The summed E-state index contributed by atoms with van der Waals surface area (Å²) in [5.41, 5.74) is 3.13. The van der Waals surface area contributed by atoms with Crippen LogP contribution in [-0.2, 0) is 4.79 Å². The molecule has 2 aromatic rings. The summed E-state index contributed by atoms with van der Waals surface area (Å²) in [5, 5.41) is 5.59. The molecule has 0 bridgehead atoms. The molecule has 1 aliphatic rings. The number of methoxy groups -OCH3 is 1. The molecule has 3 amide bonds. The minimum atomic E-state index is -0.351. The van der Waals surface area contributed by atoms with E-state index in [9.17, 15) is 9.59 Å². The number of carbonyl (C=O) groups excluding carboxylic acids is 2. The monoisotopic (exact) mass is 353 g/mol. The van der Waals surface area contributed by atoms with Crippen LogP contribution < -0.4 is 20.3 Å². The summed E-state index contributed by atoms with van der Waals surface area (Å²) >= 11 is 0. The first-order chi connectivity index (χ1) is 12.6. The van der Waals surface area contributed by atoms with Crippen LogP contribution in [0.2, 0.25) is 0 Å². The van der Waals surface area contributed by atoms with Gasteiger partial charge < -0.3 is 20.3 Å². The van der Waals surface area contributed by atoms with Gasteiger partial charge in [-0.1, -0.05) is 12.1 Å². The third-order valence-corrected chi connectivity index (χ3v) is 4.42. The lowest BCUT2D eigenvalue weighted by molar-refractivity contribution is -0.119. The molecule has 0 aromatic heterocycles. The second-order valence-corrected chi connectivity index (χ2v) is 6.28. The fraction of sp³-hybridized carbons (Fsp3) is 0.300. The molecule has 0 unspecified atom stereocenters. The number of rotatable bonds is 4. The molecule has 1 aliphatic heterocycles. The summed E-state index contributed by atoms with van der Waals surface area (Å²) in [6.07, 6.45) is 2.57. The Labute approximate surface area is 153 Å². The second-order valence-electron chi connectivity index (χ2n) is 6.28. The Morgan fingerprint density at radius 1 is 1.12 bits per heavy atom. The van der Waals surface area contributed by atoms with Gasteiger partial charge in [0.2, 0.25) is 5.91 Å². The van der Waals surface area contributed by atoms with Crippen LogP contribution >= 0.6 is 0 Å². The third kappa shape index (κ3) is 3.96. The van der Waals surface area contributed by atoms with E-state index in [1.54, 1.807) is 19.2 Å². The van der Waals surface area contributed by atoms with Gasteiger partial charge in [-0.05, 0) is 55.7 Å². The van der Waals surface area contributed by atoms with E-state index in [1.807, 2.05) is 42.2 Å². The van der Waals surface area contributed by atoms with Gasteiger partial charge in [-0.2, -0.15) is 0 Å². The summed E-state index contributed by atoms with van der Waals surface area (Å²) in [6.45, 7) is 2.70. The summed E-state index contributed by atoms with van der Waals surface area (Å²) in [6, 6.07) is 12.4. The van der Waals surface area contributed by atoms with Crippen molar-refractivity contribution in [2.75, 3.05) is 29.2 Å². The summed E-state index contributed by atoms with van der Waals surface area (Å²) in [4.78, 5) is 26.2. The number of urea groups is 1. The van der Waals surface area contributed by atoms with Crippen LogP contribution in [0.4, 0.5) is 21.9 Å². The molecule has 0 radical (unpaired) electrons. The van der Waals surface area contributed by atoms with Crippen molar-refractivity contribution < 1.29 is 14.3 Å².